The first-order valence-electron chi connectivity index (χ1n) is 7.93. The number of hydrogen-bond acceptors (Lipinski definition) is 6. The van der Waals surface area contributed by atoms with Crippen LogP contribution in [0.2, 0.25) is 0 Å². The molecule has 0 aliphatic carbocycles. The average molecular weight is 323 g/mol. The van der Waals surface area contributed by atoms with Crippen molar-refractivity contribution in [3.63, 3.8) is 0 Å². The molecule has 126 valence electrons. The van der Waals surface area contributed by atoms with Gasteiger partial charge in [-0.2, -0.15) is 0 Å². The third kappa shape index (κ3) is 4.26. The second-order valence-electron chi connectivity index (χ2n) is 5.55. The van der Waals surface area contributed by atoms with Crippen LogP contribution in [-0.2, 0) is 18.9 Å². The number of ketones is 2. The van der Waals surface area contributed by atoms with Gasteiger partial charge in [0.05, 0.1) is 26.4 Å². The number of carbonyl (C=O) groups excluding carboxylic acids is 2. The summed E-state index contributed by atoms with van der Waals surface area (Å²) >= 11 is 0. The van der Waals surface area contributed by atoms with Crippen LogP contribution >= 0.6 is 0 Å². The van der Waals surface area contributed by atoms with Gasteiger partial charge in [-0.3, -0.25) is 9.59 Å². The van der Waals surface area contributed by atoms with Gasteiger partial charge < -0.3 is 23.9 Å². The quantitative estimate of drug-likeness (QED) is 0.733. The van der Waals surface area contributed by atoms with Gasteiger partial charge in [-0.15, -0.1) is 0 Å². The summed E-state index contributed by atoms with van der Waals surface area (Å²) in [5.41, 5.74) is 0.863. The summed E-state index contributed by atoms with van der Waals surface area (Å²) in [7, 11) is 0. The van der Waals surface area contributed by atoms with Crippen LogP contribution in [0, 0.1) is 0 Å². The minimum absolute atomic E-state index is 0.0814. The van der Waals surface area contributed by atoms with Crippen molar-refractivity contribution in [1.82, 2.24) is 4.98 Å². The second-order valence-corrected chi connectivity index (χ2v) is 5.55. The maximum absolute atomic E-state index is 12.3. The van der Waals surface area contributed by atoms with Gasteiger partial charge in [0.15, 0.2) is 24.1 Å². The lowest BCUT2D eigenvalue weighted by Crippen LogP contribution is -2.14. The summed E-state index contributed by atoms with van der Waals surface area (Å²) < 4.78 is 21.3. The number of nitrogens with one attached hydrogen (secondary N) is 1. The molecule has 7 nitrogen and oxygen atoms in total. The predicted molar refractivity (Wildman–Crippen MR) is 79.3 cm³/mol. The lowest BCUT2D eigenvalue weighted by atomic mass is 10.0. The van der Waals surface area contributed by atoms with Gasteiger partial charge in [0.2, 0.25) is 0 Å². The second kappa shape index (κ2) is 7.83. The zero-order chi connectivity index (χ0) is 16.1. The third-order valence-electron chi connectivity index (χ3n) is 3.94. The predicted octanol–water partition coefficient (Wildman–Crippen LogP) is 1.69. The molecule has 0 aromatic carbocycles. The van der Waals surface area contributed by atoms with Crippen LogP contribution in [-0.4, -0.2) is 55.6 Å². The zero-order valence-corrected chi connectivity index (χ0v) is 12.9. The van der Waals surface area contributed by atoms with Crippen molar-refractivity contribution in [1.29, 1.82) is 0 Å². The maximum Gasteiger partial charge on any atom is 0.165 e. The lowest BCUT2D eigenvalue weighted by molar-refractivity contribution is -0.0467. The highest BCUT2D eigenvalue weighted by molar-refractivity contribution is 6.08. The van der Waals surface area contributed by atoms with Crippen LogP contribution in [0.5, 0.6) is 0 Å². The summed E-state index contributed by atoms with van der Waals surface area (Å²) in [4.78, 5) is 27.5. The van der Waals surface area contributed by atoms with Crippen molar-refractivity contribution in [2.75, 3.05) is 26.4 Å². The van der Waals surface area contributed by atoms with E-state index in [0.717, 1.165) is 0 Å². The molecular weight excluding hydrogens is 302 g/mol. The molecule has 0 saturated carbocycles. The summed E-state index contributed by atoms with van der Waals surface area (Å²) in [6.07, 6.45) is 4.11. The Labute approximate surface area is 134 Å². The number of H-pyrrole nitrogens is 1. The highest BCUT2D eigenvalue weighted by Gasteiger charge is 2.23. The van der Waals surface area contributed by atoms with Crippen molar-refractivity contribution < 1.29 is 28.5 Å². The van der Waals surface area contributed by atoms with E-state index in [-0.39, 0.29) is 37.0 Å². The van der Waals surface area contributed by atoms with E-state index in [1.807, 2.05) is 0 Å². The smallest absolute Gasteiger partial charge is 0.165 e. The van der Waals surface area contributed by atoms with Gasteiger partial charge in [-0.25, -0.2) is 0 Å². The molecule has 7 heteroatoms. The molecule has 0 spiro atoms. The van der Waals surface area contributed by atoms with E-state index < -0.39 is 0 Å². The normalized spacial score (nSPS) is 19.5. The Kier molecular flexibility index (Phi) is 5.56. The fraction of sp³-hybridized carbons (Fsp3) is 0.625. The highest BCUT2D eigenvalue weighted by Crippen LogP contribution is 2.19. The largest absolute Gasteiger partial charge is 0.366 e. The van der Waals surface area contributed by atoms with Crippen LogP contribution in [0.15, 0.2) is 12.4 Å². The summed E-state index contributed by atoms with van der Waals surface area (Å²) in [5.74, 6) is -0.163. The van der Waals surface area contributed by atoms with E-state index in [1.165, 1.54) is 0 Å². The fourth-order valence-electron chi connectivity index (χ4n) is 2.74. The van der Waals surface area contributed by atoms with Gasteiger partial charge in [-0.05, 0) is 0 Å². The molecule has 2 aliphatic heterocycles. The van der Waals surface area contributed by atoms with E-state index >= 15 is 0 Å². The monoisotopic (exact) mass is 323 g/mol. The molecule has 0 bridgehead atoms. The SMILES string of the molecule is O=C(CCC1OCCO1)c1c[nH]cc1C(=O)CCC1OCCO1. The molecule has 1 aromatic rings. The van der Waals surface area contributed by atoms with E-state index in [4.69, 9.17) is 18.9 Å². The molecule has 3 heterocycles. The number of aromatic nitrogens is 1. The number of Topliss-reactive ketones (excluding diaryl/α,β-unsaturated/α-hetero) is 2. The standard InChI is InChI=1S/C16H21NO6/c18-13(1-3-15-20-5-6-21-15)11-9-17-10-12(11)14(19)2-4-16-22-7-8-23-16/h9-10,15-17H,1-8H2. The van der Waals surface area contributed by atoms with Crippen molar-refractivity contribution in [2.45, 2.75) is 38.3 Å². The van der Waals surface area contributed by atoms with Crippen LogP contribution in [0.25, 0.3) is 0 Å². The number of ether oxygens (including phenoxy) is 4. The van der Waals surface area contributed by atoms with Crippen molar-refractivity contribution in [3.8, 4) is 0 Å². The zero-order valence-electron chi connectivity index (χ0n) is 12.9. The number of carbonyl (C=O) groups is 2. The Morgan fingerprint density at radius 2 is 1.22 bits per heavy atom. The first kappa shape index (κ1) is 16.3. The van der Waals surface area contributed by atoms with Crippen molar-refractivity contribution in [2.24, 2.45) is 0 Å². The van der Waals surface area contributed by atoms with E-state index in [2.05, 4.69) is 4.98 Å². The molecule has 2 aliphatic rings. The Morgan fingerprint density at radius 3 is 1.61 bits per heavy atom. The molecule has 0 unspecified atom stereocenters. The lowest BCUT2D eigenvalue weighted by Gasteiger charge is -2.09. The average Bonchev–Trinajstić information content (AvgIpc) is 3.32. The van der Waals surface area contributed by atoms with Crippen LogP contribution < -0.4 is 0 Å². The van der Waals surface area contributed by atoms with Gasteiger partial charge in [0.25, 0.3) is 0 Å². The van der Waals surface area contributed by atoms with Crippen molar-refractivity contribution >= 4 is 11.6 Å². The molecule has 0 atom stereocenters. The van der Waals surface area contributed by atoms with E-state index in [9.17, 15) is 9.59 Å². The molecule has 2 saturated heterocycles. The fourth-order valence-corrected chi connectivity index (χ4v) is 2.74. The number of rotatable bonds is 8. The van der Waals surface area contributed by atoms with Gasteiger partial charge in [0.1, 0.15) is 0 Å². The first-order chi connectivity index (χ1) is 11.2. The Balaban J connectivity index is 1.52. The van der Waals surface area contributed by atoms with Gasteiger partial charge in [0, 0.05) is 49.2 Å². The maximum atomic E-state index is 12.3. The molecule has 1 N–H and O–H groups in total. The number of aromatic amines is 1. The van der Waals surface area contributed by atoms with Crippen molar-refractivity contribution in [3.05, 3.63) is 23.5 Å². The molecule has 0 amide bonds. The topological polar surface area (TPSA) is 86.9 Å². The number of hydrogen-bond donors (Lipinski definition) is 1. The van der Waals surface area contributed by atoms with Crippen LogP contribution in [0.4, 0.5) is 0 Å². The van der Waals surface area contributed by atoms with E-state index in [1.54, 1.807) is 12.4 Å². The van der Waals surface area contributed by atoms with Gasteiger partial charge in [-0.1, -0.05) is 0 Å². The Bertz CT molecular complexity index is 496. The first-order valence-corrected chi connectivity index (χ1v) is 7.93. The molecule has 0 radical (unpaired) electrons. The summed E-state index contributed by atoms with van der Waals surface area (Å²) in [6, 6.07) is 0. The summed E-state index contributed by atoms with van der Waals surface area (Å²) in [6.45, 7) is 2.27. The summed E-state index contributed by atoms with van der Waals surface area (Å²) in [5, 5.41) is 0. The minimum Gasteiger partial charge on any atom is -0.366 e. The Morgan fingerprint density at radius 1 is 0.826 bits per heavy atom. The molecule has 3 rings (SSSR count). The van der Waals surface area contributed by atoms with Crippen LogP contribution in [0.1, 0.15) is 46.4 Å². The molecular formula is C16H21NO6. The molecule has 23 heavy (non-hydrogen) atoms. The molecule has 2 fully saturated rings. The van der Waals surface area contributed by atoms with E-state index in [0.29, 0.717) is 50.4 Å². The molecule has 1 aromatic heterocycles. The highest BCUT2D eigenvalue weighted by atomic mass is 16.7. The minimum atomic E-state index is -0.311. The van der Waals surface area contributed by atoms with Gasteiger partial charge >= 0.3 is 0 Å². The Hall–Kier alpha value is -1.54. The van der Waals surface area contributed by atoms with Crippen LogP contribution in [0.3, 0.4) is 0 Å². The third-order valence-corrected chi connectivity index (χ3v) is 3.94.